The van der Waals surface area contributed by atoms with Crippen LogP contribution in [-0.4, -0.2) is 34.4 Å². The normalized spacial score (nSPS) is 22.1. The molecule has 1 unspecified atom stereocenters. The Morgan fingerprint density at radius 2 is 2.21 bits per heavy atom. The summed E-state index contributed by atoms with van der Waals surface area (Å²) in [5.74, 6) is 0. The number of nitrogens with zero attached hydrogens (tertiary/aromatic N) is 1. The highest BCUT2D eigenvalue weighted by Gasteiger charge is 2.35. The molecule has 5 heteroatoms. The summed E-state index contributed by atoms with van der Waals surface area (Å²) in [4.78, 5) is 13.0. The van der Waals surface area contributed by atoms with Gasteiger partial charge in [-0.05, 0) is 39.9 Å². The van der Waals surface area contributed by atoms with Crippen LogP contribution in [0.5, 0.6) is 0 Å². The standard InChI is InChI=1S/C9H15NO3S/c1-6-5-12-8(14)10(6)7(11)13-9(2,3)4/h6H,5H2,1-4H3. The number of carbonyl (C=O) groups is 1. The Morgan fingerprint density at radius 3 is 2.57 bits per heavy atom. The Morgan fingerprint density at radius 1 is 1.64 bits per heavy atom. The maximum absolute atomic E-state index is 11.6. The molecule has 1 rings (SSSR count). The second kappa shape index (κ2) is 3.73. The smallest absolute Gasteiger partial charge is 0.418 e. The van der Waals surface area contributed by atoms with Crippen LogP contribution in [0.25, 0.3) is 0 Å². The summed E-state index contributed by atoms with van der Waals surface area (Å²) in [7, 11) is 0. The van der Waals surface area contributed by atoms with Gasteiger partial charge < -0.3 is 9.47 Å². The van der Waals surface area contributed by atoms with Gasteiger partial charge >= 0.3 is 6.09 Å². The molecule has 1 atom stereocenters. The summed E-state index contributed by atoms with van der Waals surface area (Å²) in [6, 6.07) is -0.0441. The highest BCUT2D eigenvalue weighted by Crippen LogP contribution is 2.17. The van der Waals surface area contributed by atoms with Crippen molar-refractivity contribution in [3.8, 4) is 0 Å². The van der Waals surface area contributed by atoms with E-state index in [1.54, 1.807) is 0 Å². The zero-order valence-electron chi connectivity index (χ0n) is 8.86. The third-order valence-corrected chi connectivity index (χ3v) is 1.99. The van der Waals surface area contributed by atoms with Gasteiger partial charge in [-0.25, -0.2) is 9.69 Å². The average molecular weight is 217 g/mol. The lowest BCUT2D eigenvalue weighted by Gasteiger charge is -2.24. The first-order valence-electron chi connectivity index (χ1n) is 4.50. The fraction of sp³-hybridized carbons (Fsp3) is 0.778. The molecule has 0 bridgehead atoms. The molecular formula is C9H15NO3S. The van der Waals surface area contributed by atoms with Crippen LogP contribution in [0, 0.1) is 0 Å². The van der Waals surface area contributed by atoms with Crippen LogP contribution >= 0.6 is 12.2 Å². The maximum atomic E-state index is 11.6. The highest BCUT2D eigenvalue weighted by molar-refractivity contribution is 7.80. The van der Waals surface area contributed by atoms with Crippen LogP contribution in [0.1, 0.15) is 27.7 Å². The van der Waals surface area contributed by atoms with E-state index in [2.05, 4.69) is 0 Å². The van der Waals surface area contributed by atoms with E-state index < -0.39 is 11.7 Å². The van der Waals surface area contributed by atoms with Crippen LogP contribution in [0.2, 0.25) is 0 Å². The molecule has 1 aliphatic rings. The molecule has 0 saturated carbocycles. The van der Waals surface area contributed by atoms with Crippen molar-refractivity contribution < 1.29 is 14.3 Å². The first kappa shape index (κ1) is 11.2. The lowest BCUT2D eigenvalue weighted by molar-refractivity contribution is 0.0349. The number of hydrogen-bond acceptors (Lipinski definition) is 4. The molecule has 1 saturated heterocycles. The van der Waals surface area contributed by atoms with Crippen LogP contribution < -0.4 is 0 Å². The van der Waals surface area contributed by atoms with Gasteiger partial charge in [0.1, 0.15) is 12.2 Å². The molecule has 0 N–H and O–H groups in total. The molecule has 80 valence electrons. The second-order valence-corrected chi connectivity index (χ2v) is 4.63. The largest absolute Gasteiger partial charge is 0.468 e. The van der Waals surface area contributed by atoms with Gasteiger partial charge in [0.15, 0.2) is 0 Å². The third-order valence-electron chi connectivity index (χ3n) is 1.68. The minimum atomic E-state index is -0.505. The topological polar surface area (TPSA) is 38.8 Å². The van der Waals surface area contributed by atoms with Crippen molar-refractivity contribution in [1.29, 1.82) is 0 Å². The van der Waals surface area contributed by atoms with Gasteiger partial charge in [0, 0.05) is 0 Å². The van der Waals surface area contributed by atoms with Gasteiger partial charge in [0.2, 0.25) is 0 Å². The Bertz CT molecular complexity index is 259. The van der Waals surface area contributed by atoms with Gasteiger partial charge in [-0.2, -0.15) is 0 Å². The van der Waals surface area contributed by atoms with E-state index in [9.17, 15) is 4.79 Å². The monoisotopic (exact) mass is 217 g/mol. The van der Waals surface area contributed by atoms with E-state index in [0.717, 1.165) is 0 Å². The van der Waals surface area contributed by atoms with Gasteiger partial charge in [-0.15, -0.1) is 0 Å². The number of carbonyl (C=O) groups excluding carboxylic acids is 1. The lowest BCUT2D eigenvalue weighted by atomic mass is 10.2. The molecule has 0 radical (unpaired) electrons. The van der Waals surface area contributed by atoms with Gasteiger partial charge in [0.25, 0.3) is 5.17 Å². The summed E-state index contributed by atoms with van der Waals surface area (Å²) in [5, 5.41) is 0.201. The summed E-state index contributed by atoms with van der Waals surface area (Å²) in [5.41, 5.74) is -0.505. The Kier molecular flexibility index (Phi) is 2.99. The van der Waals surface area contributed by atoms with Crippen molar-refractivity contribution in [3.63, 3.8) is 0 Å². The van der Waals surface area contributed by atoms with Gasteiger partial charge in [-0.1, -0.05) is 0 Å². The van der Waals surface area contributed by atoms with E-state index >= 15 is 0 Å². The number of rotatable bonds is 0. The molecule has 1 heterocycles. The molecule has 14 heavy (non-hydrogen) atoms. The van der Waals surface area contributed by atoms with Crippen molar-refractivity contribution in [1.82, 2.24) is 4.90 Å². The van der Waals surface area contributed by atoms with Crippen LogP contribution in [0.3, 0.4) is 0 Å². The molecule has 0 aromatic carbocycles. The van der Waals surface area contributed by atoms with Crippen molar-refractivity contribution in [2.24, 2.45) is 0 Å². The minimum Gasteiger partial charge on any atom is -0.468 e. The first-order chi connectivity index (χ1) is 6.31. The SMILES string of the molecule is CC1COC(=S)N1C(=O)OC(C)(C)C. The second-order valence-electron chi connectivity index (χ2n) is 4.28. The number of ether oxygens (including phenoxy) is 2. The fourth-order valence-electron chi connectivity index (χ4n) is 1.08. The number of thiocarbonyl (C=S) groups is 1. The van der Waals surface area contributed by atoms with Crippen molar-refractivity contribution >= 4 is 23.5 Å². The molecule has 4 nitrogen and oxygen atoms in total. The summed E-state index contributed by atoms with van der Waals surface area (Å²) in [6.45, 7) is 7.75. The van der Waals surface area contributed by atoms with E-state index in [1.165, 1.54) is 4.90 Å². The molecule has 1 fully saturated rings. The third kappa shape index (κ3) is 2.57. The molecule has 0 aliphatic carbocycles. The molecule has 1 aliphatic heterocycles. The van der Waals surface area contributed by atoms with E-state index in [-0.39, 0.29) is 11.2 Å². The zero-order valence-corrected chi connectivity index (χ0v) is 9.68. The van der Waals surface area contributed by atoms with E-state index in [4.69, 9.17) is 21.7 Å². The van der Waals surface area contributed by atoms with Crippen LogP contribution in [0.4, 0.5) is 4.79 Å². The zero-order chi connectivity index (χ0) is 10.9. The fourth-order valence-corrected chi connectivity index (χ4v) is 1.40. The van der Waals surface area contributed by atoms with Gasteiger partial charge in [-0.3, -0.25) is 0 Å². The van der Waals surface area contributed by atoms with Crippen molar-refractivity contribution in [3.05, 3.63) is 0 Å². The highest BCUT2D eigenvalue weighted by atomic mass is 32.1. The van der Waals surface area contributed by atoms with E-state index in [0.29, 0.717) is 6.61 Å². The Balaban J connectivity index is 2.65. The Labute approximate surface area is 89.2 Å². The van der Waals surface area contributed by atoms with Crippen molar-refractivity contribution in [2.75, 3.05) is 6.61 Å². The number of amides is 1. The molecule has 0 aromatic heterocycles. The van der Waals surface area contributed by atoms with Crippen molar-refractivity contribution in [2.45, 2.75) is 39.3 Å². The first-order valence-corrected chi connectivity index (χ1v) is 4.91. The maximum Gasteiger partial charge on any atom is 0.418 e. The average Bonchev–Trinajstić information content (AvgIpc) is 2.27. The quantitative estimate of drug-likeness (QED) is 0.581. The molecule has 0 aromatic rings. The summed E-state index contributed by atoms with van der Waals surface area (Å²) in [6.07, 6.45) is -0.438. The summed E-state index contributed by atoms with van der Waals surface area (Å²) < 4.78 is 10.3. The van der Waals surface area contributed by atoms with Crippen LogP contribution in [0.15, 0.2) is 0 Å². The Hall–Kier alpha value is -0.840. The molecule has 1 amide bonds. The van der Waals surface area contributed by atoms with Crippen LogP contribution in [-0.2, 0) is 9.47 Å². The van der Waals surface area contributed by atoms with Gasteiger partial charge in [0.05, 0.1) is 6.04 Å². The number of hydrogen-bond donors (Lipinski definition) is 0. The molecular weight excluding hydrogens is 202 g/mol. The van der Waals surface area contributed by atoms with E-state index in [1.807, 2.05) is 27.7 Å². The molecule has 0 spiro atoms. The minimum absolute atomic E-state index is 0.0441. The predicted octanol–water partition coefficient (Wildman–Crippen LogP) is 1.93. The summed E-state index contributed by atoms with van der Waals surface area (Å²) >= 11 is 4.89. The predicted molar refractivity (Wildman–Crippen MR) is 56.1 cm³/mol. The lowest BCUT2D eigenvalue weighted by Crippen LogP contribution is -2.41.